The van der Waals surface area contributed by atoms with Crippen LogP contribution in [0.2, 0.25) is 0 Å². The molecule has 1 aromatic heterocycles. The normalized spacial score (nSPS) is 18.3. The lowest BCUT2D eigenvalue weighted by Crippen LogP contribution is -2.27. The number of hydrogen-bond donors (Lipinski definition) is 1. The van der Waals surface area contributed by atoms with Crippen molar-refractivity contribution in [3.8, 4) is 11.8 Å². The summed E-state index contributed by atoms with van der Waals surface area (Å²) in [7, 11) is 1.52. The van der Waals surface area contributed by atoms with Gasteiger partial charge in [-0.05, 0) is 24.1 Å². The van der Waals surface area contributed by atoms with Crippen molar-refractivity contribution in [2.24, 2.45) is 5.73 Å². The molecule has 1 aliphatic carbocycles. The lowest BCUT2D eigenvalue weighted by Gasteiger charge is -2.31. The standard InChI is InChI=1S/C21H19N5O5/c1-30-17-6-5-12(7-13(17)10-25-11-14(9-24-25)26(28)29)19-15(8-22)21(23)31-18-4-2-3-16(27)20(18)19/h5-7,9,11,19H,2-4,10,23H2,1H3/t19-/m1/s1. The van der Waals surface area contributed by atoms with Crippen LogP contribution in [0.4, 0.5) is 5.69 Å². The van der Waals surface area contributed by atoms with Gasteiger partial charge in [0.25, 0.3) is 0 Å². The first kappa shape index (κ1) is 20.2. The van der Waals surface area contributed by atoms with E-state index in [2.05, 4.69) is 11.2 Å². The van der Waals surface area contributed by atoms with Crippen LogP contribution < -0.4 is 10.5 Å². The molecule has 0 bridgehead atoms. The first-order chi connectivity index (χ1) is 14.9. The van der Waals surface area contributed by atoms with Crippen molar-refractivity contribution in [1.29, 1.82) is 5.26 Å². The Hall–Kier alpha value is -4.13. The maximum atomic E-state index is 12.7. The second-order valence-corrected chi connectivity index (χ2v) is 7.26. The van der Waals surface area contributed by atoms with E-state index in [-0.39, 0.29) is 29.5 Å². The van der Waals surface area contributed by atoms with Gasteiger partial charge < -0.3 is 15.2 Å². The molecule has 1 atom stereocenters. The van der Waals surface area contributed by atoms with Gasteiger partial charge >= 0.3 is 5.69 Å². The van der Waals surface area contributed by atoms with Crippen molar-refractivity contribution in [2.45, 2.75) is 31.7 Å². The highest BCUT2D eigenvalue weighted by Crippen LogP contribution is 2.44. The number of aromatic nitrogens is 2. The average Bonchev–Trinajstić information content (AvgIpc) is 3.22. The van der Waals surface area contributed by atoms with Crippen molar-refractivity contribution in [1.82, 2.24) is 9.78 Å². The highest BCUT2D eigenvalue weighted by molar-refractivity contribution is 5.99. The SMILES string of the molecule is COc1ccc([C@@H]2C(C#N)=C(N)OC3=C2C(=O)CCC3)cc1Cn1cc([N+](=O)[O-])cn1. The van der Waals surface area contributed by atoms with Crippen LogP contribution in [0.1, 0.15) is 36.3 Å². The highest BCUT2D eigenvalue weighted by atomic mass is 16.6. The van der Waals surface area contributed by atoms with E-state index in [9.17, 15) is 20.2 Å². The second kappa shape index (κ2) is 7.95. The largest absolute Gasteiger partial charge is 0.496 e. The van der Waals surface area contributed by atoms with Gasteiger partial charge in [0.1, 0.15) is 35.5 Å². The molecule has 1 aliphatic heterocycles. The Kier molecular flexibility index (Phi) is 5.17. The molecule has 10 nitrogen and oxygen atoms in total. The summed E-state index contributed by atoms with van der Waals surface area (Å²) in [5.41, 5.74) is 7.90. The highest BCUT2D eigenvalue weighted by Gasteiger charge is 2.38. The van der Waals surface area contributed by atoms with Crippen LogP contribution in [0.3, 0.4) is 0 Å². The molecule has 2 heterocycles. The van der Waals surface area contributed by atoms with E-state index >= 15 is 0 Å². The zero-order valence-corrected chi connectivity index (χ0v) is 16.7. The monoisotopic (exact) mass is 421 g/mol. The first-order valence-electron chi connectivity index (χ1n) is 9.60. The minimum absolute atomic E-state index is 0.000944. The van der Waals surface area contributed by atoms with Gasteiger partial charge in [0.2, 0.25) is 5.88 Å². The molecule has 2 N–H and O–H groups in total. The molecule has 158 valence electrons. The van der Waals surface area contributed by atoms with Crippen LogP contribution in [0, 0.1) is 21.4 Å². The number of nitrogens with two attached hydrogens (primary N) is 1. The fourth-order valence-electron chi connectivity index (χ4n) is 4.00. The molecule has 31 heavy (non-hydrogen) atoms. The molecule has 0 spiro atoms. The van der Waals surface area contributed by atoms with Gasteiger partial charge in [0.05, 0.1) is 24.5 Å². The molecule has 0 radical (unpaired) electrons. The first-order valence-corrected chi connectivity index (χ1v) is 9.60. The van der Waals surface area contributed by atoms with Crippen molar-refractivity contribution < 1.29 is 19.2 Å². The molecule has 0 unspecified atom stereocenters. The van der Waals surface area contributed by atoms with E-state index in [1.165, 1.54) is 24.2 Å². The summed E-state index contributed by atoms with van der Waals surface area (Å²) in [5, 5.41) is 24.7. The van der Waals surface area contributed by atoms with E-state index in [0.717, 1.165) is 0 Å². The number of nitriles is 1. The predicted molar refractivity (Wildman–Crippen MR) is 108 cm³/mol. The molecule has 0 saturated heterocycles. The van der Waals surface area contributed by atoms with Gasteiger partial charge in [-0.3, -0.25) is 19.6 Å². The third-order valence-electron chi connectivity index (χ3n) is 5.41. The third kappa shape index (κ3) is 3.61. The third-order valence-corrected chi connectivity index (χ3v) is 5.41. The predicted octanol–water partition coefficient (Wildman–Crippen LogP) is 2.66. The van der Waals surface area contributed by atoms with E-state index in [4.69, 9.17) is 15.2 Å². The van der Waals surface area contributed by atoms with E-state index in [0.29, 0.717) is 47.5 Å². The molecule has 0 saturated carbocycles. The number of Topliss-reactive ketones (excluding diaryl/α,β-unsaturated/α-hetero) is 1. The van der Waals surface area contributed by atoms with Gasteiger partial charge in [-0.15, -0.1) is 0 Å². The zero-order chi connectivity index (χ0) is 22.1. The number of carbonyl (C=O) groups is 1. The summed E-state index contributed by atoms with van der Waals surface area (Å²) in [6, 6.07) is 7.41. The smallest absolute Gasteiger partial charge is 0.307 e. The van der Waals surface area contributed by atoms with Crippen LogP contribution in [-0.2, 0) is 16.1 Å². The zero-order valence-electron chi connectivity index (χ0n) is 16.7. The summed E-state index contributed by atoms with van der Waals surface area (Å²) < 4.78 is 12.5. The van der Waals surface area contributed by atoms with Crippen LogP contribution in [0.15, 0.2) is 53.4 Å². The maximum absolute atomic E-state index is 12.7. The minimum atomic E-state index is -0.641. The van der Waals surface area contributed by atoms with Crippen molar-refractivity contribution in [3.05, 3.63) is 74.6 Å². The van der Waals surface area contributed by atoms with E-state index < -0.39 is 10.8 Å². The topological polar surface area (TPSA) is 146 Å². The molecule has 2 aliphatic rings. The Morgan fingerprint density at radius 1 is 1.45 bits per heavy atom. The number of allylic oxidation sites excluding steroid dienone is 3. The Balaban J connectivity index is 1.79. The summed E-state index contributed by atoms with van der Waals surface area (Å²) in [5.74, 6) is 0.358. The Bertz CT molecular complexity index is 1190. The molecule has 1 aromatic carbocycles. The summed E-state index contributed by atoms with van der Waals surface area (Å²) in [6.45, 7) is 0.203. The number of ketones is 1. The molecule has 0 fully saturated rings. The van der Waals surface area contributed by atoms with Gasteiger partial charge in [-0.2, -0.15) is 10.4 Å². The van der Waals surface area contributed by atoms with Crippen LogP contribution in [0.25, 0.3) is 0 Å². The van der Waals surface area contributed by atoms with Crippen LogP contribution in [-0.4, -0.2) is 27.6 Å². The number of rotatable bonds is 5. The molecular formula is C21H19N5O5. The summed E-state index contributed by atoms with van der Waals surface area (Å²) in [6.07, 6.45) is 4.13. The van der Waals surface area contributed by atoms with Crippen LogP contribution >= 0.6 is 0 Å². The quantitative estimate of drug-likeness (QED) is 0.572. The molecule has 0 amide bonds. The number of carbonyl (C=O) groups excluding carboxylic acids is 1. The van der Waals surface area contributed by atoms with Crippen molar-refractivity contribution >= 4 is 11.5 Å². The molecule has 10 heteroatoms. The van der Waals surface area contributed by atoms with Gasteiger partial charge in [-0.1, -0.05) is 6.07 Å². The summed E-state index contributed by atoms with van der Waals surface area (Å²) in [4.78, 5) is 23.2. The Labute approximate surface area is 177 Å². The molecular weight excluding hydrogens is 402 g/mol. The van der Waals surface area contributed by atoms with E-state index in [1.807, 2.05) is 0 Å². The number of nitrogens with zero attached hydrogens (tertiary/aromatic N) is 4. The number of ether oxygens (including phenoxy) is 2. The molecule has 2 aromatic rings. The second-order valence-electron chi connectivity index (χ2n) is 7.26. The maximum Gasteiger partial charge on any atom is 0.307 e. The number of methoxy groups -OCH3 is 1. The van der Waals surface area contributed by atoms with Crippen LogP contribution in [0.5, 0.6) is 5.75 Å². The average molecular weight is 421 g/mol. The number of benzene rings is 1. The lowest BCUT2D eigenvalue weighted by molar-refractivity contribution is -0.385. The van der Waals surface area contributed by atoms with E-state index in [1.54, 1.807) is 18.2 Å². The van der Waals surface area contributed by atoms with Gasteiger partial charge in [0, 0.05) is 24.0 Å². The van der Waals surface area contributed by atoms with Gasteiger partial charge in [-0.25, -0.2) is 0 Å². The fraction of sp³-hybridized carbons (Fsp3) is 0.286. The number of nitro groups is 1. The Morgan fingerprint density at radius 3 is 2.94 bits per heavy atom. The van der Waals surface area contributed by atoms with Crippen molar-refractivity contribution in [3.63, 3.8) is 0 Å². The minimum Gasteiger partial charge on any atom is -0.496 e. The number of hydrogen-bond acceptors (Lipinski definition) is 8. The fourth-order valence-corrected chi connectivity index (χ4v) is 4.00. The Morgan fingerprint density at radius 2 is 2.26 bits per heavy atom. The van der Waals surface area contributed by atoms with Gasteiger partial charge in [0.15, 0.2) is 5.78 Å². The summed E-state index contributed by atoms with van der Waals surface area (Å²) >= 11 is 0. The molecule has 4 rings (SSSR count). The lowest BCUT2D eigenvalue weighted by atomic mass is 9.77. The van der Waals surface area contributed by atoms with Crippen molar-refractivity contribution in [2.75, 3.05) is 7.11 Å².